The van der Waals surface area contributed by atoms with Crippen LogP contribution in [-0.2, 0) is 6.42 Å². The van der Waals surface area contributed by atoms with E-state index in [2.05, 4.69) is 25.0 Å². The van der Waals surface area contributed by atoms with Crippen molar-refractivity contribution in [2.24, 2.45) is 0 Å². The number of nitrogens with zero attached hydrogens (tertiary/aromatic N) is 3. The molecule has 1 fully saturated rings. The highest BCUT2D eigenvalue weighted by Crippen LogP contribution is 2.21. The van der Waals surface area contributed by atoms with Crippen molar-refractivity contribution in [3.8, 4) is 5.69 Å². The molecular weight excluding hydrogens is 262 g/mol. The molecule has 1 aliphatic heterocycles. The van der Waals surface area contributed by atoms with E-state index in [9.17, 15) is 4.79 Å². The van der Waals surface area contributed by atoms with Crippen LogP contribution in [0.3, 0.4) is 0 Å². The second kappa shape index (κ2) is 5.72. The Morgan fingerprint density at radius 2 is 1.95 bits per heavy atom. The summed E-state index contributed by atoms with van der Waals surface area (Å²) in [6.45, 7) is 5.89. The Bertz CT molecular complexity index is 654. The highest BCUT2D eigenvalue weighted by molar-refractivity contribution is 5.95. The standard InChI is InChI=1S/C17H21N3O/c1-3-15-14(17(21)19-10-6-7-11-19)12-18-20(15)16-9-5-4-8-13(16)2/h4-5,8-9,12H,3,6-7,10-11H2,1-2H3. The summed E-state index contributed by atoms with van der Waals surface area (Å²) in [5.74, 6) is 0.129. The predicted molar refractivity (Wildman–Crippen MR) is 82.8 cm³/mol. The minimum Gasteiger partial charge on any atom is -0.339 e. The summed E-state index contributed by atoms with van der Waals surface area (Å²) < 4.78 is 1.92. The van der Waals surface area contributed by atoms with E-state index in [0.717, 1.165) is 54.9 Å². The van der Waals surface area contributed by atoms with Gasteiger partial charge in [-0.1, -0.05) is 25.1 Å². The molecule has 3 rings (SSSR count). The molecule has 0 aliphatic carbocycles. The van der Waals surface area contributed by atoms with Crippen LogP contribution in [0.4, 0.5) is 0 Å². The zero-order valence-corrected chi connectivity index (χ0v) is 12.7. The first kappa shape index (κ1) is 13.9. The van der Waals surface area contributed by atoms with Gasteiger partial charge in [0, 0.05) is 13.1 Å². The molecule has 1 aromatic heterocycles. The van der Waals surface area contributed by atoms with Crippen LogP contribution in [0.15, 0.2) is 30.5 Å². The molecule has 0 N–H and O–H groups in total. The Labute approximate surface area is 125 Å². The lowest BCUT2D eigenvalue weighted by atomic mass is 10.1. The van der Waals surface area contributed by atoms with Gasteiger partial charge in [-0.3, -0.25) is 4.79 Å². The van der Waals surface area contributed by atoms with Crippen LogP contribution in [0.25, 0.3) is 5.69 Å². The smallest absolute Gasteiger partial charge is 0.257 e. The van der Waals surface area contributed by atoms with E-state index in [1.54, 1.807) is 6.20 Å². The second-order valence-corrected chi connectivity index (χ2v) is 5.56. The summed E-state index contributed by atoms with van der Waals surface area (Å²) in [4.78, 5) is 14.6. The van der Waals surface area contributed by atoms with E-state index >= 15 is 0 Å². The number of aromatic nitrogens is 2. The average Bonchev–Trinajstić information content (AvgIpc) is 3.16. The van der Waals surface area contributed by atoms with Crippen LogP contribution in [-0.4, -0.2) is 33.7 Å². The third-order valence-corrected chi connectivity index (χ3v) is 4.17. The summed E-state index contributed by atoms with van der Waals surface area (Å²) in [5, 5.41) is 4.48. The van der Waals surface area contributed by atoms with E-state index in [1.807, 2.05) is 27.8 Å². The van der Waals surface area contributed by atoms with Crippen molar-refractivity contribution >= 4 is 5.91 Å². The summed E-state index contributed by atoms with van der Waals surface area (Å²) in [6, 6.07) is 8.14. The van der Waals surface area contributed by atoms with Crippen molar-refractivity contribution in [1.82, 2.24) is 14.7 Å². The van der Waals surface area contributed by atoms with Crippen molar-refractivity contribution in [2.75, 3.05) is 13.1 Å². The molecule has 0 unspecified atom stereocenters. The molecule has 4 nitrogen and oxygen atoms in total. The molecule has 0 saturated carbocycles. The molecule has 1 aromatic carbocycles. The maximum atomic E-state index is 12.6. The summed E-state index contributed by atoms with van der Waals surface area (Å²) in [5.41, 5.74) is 3.97. The fourth-order valence-corrected chi connectivity index (χ4v) is 2.99. The lowest BCUT2D eigenvalue weighted by Gasteiger charge is -2.16. The third-order valence-electron chi connectivity index (χ3n) is 4.17. The number of para-hydroxylation sites is 1. The number of carbonyl (C=O) groups is 1. The lowest BCUT2D eigenvalue weighted by Crippen LogP contribution is -2.28. The van der Waals surface area contributed by atoms with E-state index in [-0.39, 0.29) is 5.91 Å². The highest BCUT2D eigenvalue weighted by atomic mass is 16.2. The van der Waals surface area contributed by atoms with Gasteiger partial charge in [-0.2, -0.15) is 5.10 Å². The Morgan fingerprint density at radius 3 is 2.62 bits per heavy atom. The predicted octanol–water partition coefficient (Wildman–Crippen LogP) is 2.98. The number of hydrogen-bond acceptors (Lipinski definition) is 2. The van der Waals surface area contributed by atoms with Gasteiger partial charge in [-0.05, 0) is 37.8 Å². The van der Waals surface area contributed by atoms with Crippen molar-refractivity contribution in [2.45, 2.75) is 33.1 Å². The Kier molecular flexibility index (Phi) is 3.78. The number of amides is 1. The molecule has 2 heterocycles. The first-order chi connectivity index (χ1) is 10.2. The number of carbonyl (C=O) groups excluding carboxylic acids is 1. The second-order valence-electron chi connectivity index (χ2n) is 5.56. The number of hydrogen-bond donors (Lipinski definition) is 0. The quantitative estimate of drug-likeness (QED) is 0.868. The fraction of sp³-hybridized carbons (Fsp3) is 0.412. The highest BCUT2D eigenvalue weighted by Gasteiger charge is 2.24. The maximum Gasteiger partial charge on any atom is 0.257 e. The molecule has 110 valence electrons. The van der Waals surface area contributed by atoms with Crippen molar-refractivity contribution in [1.29, 1.82) is 0 Å². The van der Waals surface area contributed by atoms with Crippen LogP contribution < -0.4 is 0 Å². The minimum absolute atomic E-state index is 0.129. The van der Waals surface area contributed by atoms with Gasteiger partial charge >= 0.3 is 0 Å². The zero-order valence-electron chi connectivity index (χ0n) is 12.7. The summed E-state index contributed by atoms with van der Waals surface area (Å²) in [6.07, 6.45) is 4.74. The Hall–Kier alpha value is -2.10. The number of likely N-dealkylation sites (tertiary alicyclic amines) is 1. The molecule has 0 radical (unpaired) electrons. The van der Waals surface area contributed by atoms with Gasteiger partial charge in [0.15, 0.2) is 0 Å². The fourth-order valence-electron chi connectivity index (χ4n) is 2.99. The minimum atomic E-state index is 0.129. The van der Waals surface area contributed by atoms with Crippen LogP contribution in [0.2, 0.25) is 0 Å². The molecular formula is C17H21N3O. The third kappa shape index (κ3) is 2.46. The Morgan fingerprint density at radius 1 is 1.24 bits per heavy atom. The Balaban J connectivity index is 2.01. The van der Waals surface area contributed by atoms with Gasteiger partial charge in [0.1, 0.15) is 0 Å². The molecule has 1 aliphatic rings. The topological polar surface area (TPSA) is 38.1 Å². The van der Waals surface area contributed by atoms with E-state index in [0.29, 0.717) is 0 Å². The number of benzene rings is 1. The van der Waals surface area contributed by atoms with Gasteiger partial charge < -0.3 is 4.90 Å². The molecule has 0 spiro atoms. The molecule has 0 atom stereocenters. The van der Waals surface area contributed by atoms with Crippen LogP contribution >= 0.6 is 0 Å². The van der Waals surface area contributed by atoms with Crippen molar-refractivity contribution in [3.63, 3.8) is 0 Å². The first-order valence-corrected chi connectivity index (χ1v) is 7.64. The van der Waals surface area contributed by atoms with E-state index in [1.165, 1.54) is 0 Å². The SMILES string of the molecule is CCc1c(C(=O)N2CCCC2)cnn1-c1ccccc1C. The molecule has 2 aromatic rings. The van der Waals surface area contributed by atoms with Gasteiger partial charge in [0.05, 0.1) is 23.1 Å². The summed E-state index contributed by atoms with van der Waals surface area (Å²) in [7, 11) is 0. The van der Waals surface area contributed by atoms with E-state index in [4.69, 9.17) is 0 Å². The van der Waals surface area contributed by atoms with Crippen molar-refractivity contribution < 1.29 is 4.79 Å². The largest absolute Gasteiger partial charge is 0.339 e. The number of aryl methyl sites for hydroxylation is 1. The van der Waals surface area contributed by atoms with Gasteiger partial charge in [-0.25, -0.2) is 4.68 Å². The molecule has 1 amide bonds. The van der Waals surface area contributed by atoms with Crippen molar-refractivity contribution in [3.05, 3.63) is 47.3 Å². The molecule has 4 heteroatoms. The maximum absolute atomic E-state index is 12.6. The van der Waals surface area contributed by atoms with Crippen LogP contribution in [0, 0.1) is 6.92 Å². The molecule has 21 heavy (non-hydrogen) atoms. The molecule has 1 saturated heterocycles. The summed E-state index contributed by atoms with van der Waals surface area (Å²) >= 11 is 0. The number of rotatable bonds is 3. The normalized spacial score (nSPS) is 14.7. The van der Waals surface area contributed by atoms with Gasteiger partial charge in [-0.15, -0.1) is 0 Å². The first-order valence-electron chi connectivity index (χ1n) is 7.64. The van der Waals surface area contributed by atoms with Gasteiger partial charge in [0.2, 0.25) is 0 Å². The van der Waals surface area contributed by atoms with Gasteiger partial charge in [0.25, 0.3) is 5.91 Å². The molecule has 0 bridgehead atoms. The lowest BCUT2D eigenvalue weighted by molar-refractivity contribution is 0.0791. The average molecular weight is 283 g/mol. The zero-order chi connectivity index (χ0) is 14.8. The monoisotopic (exact) mass is 283 g/mol. The van der Waals surface area contributed by atoms with Crippen LogP contribution in [0.5, 0.6) is 0 Å². The van der Waals surface area contributed by atoms with Crippen LogP contribution in [0.1, 0.15) is 41.4 Å². The van der Waals surface area contributed by atoms with E-state index < -0.39 is 0 Å².